The lowest BCUT2D eigenvalue weighted by Crippen LogP contribution is -2.39. The number of nitriles is 1. The second-order valence-corrected chi connectivity index (χ2v) is 9.34. The summed E-state index contributed by atoms with van der Waals surface area (Å²) in [6.45, 7) is 5.71. The van der Waals surface area contributed by atoms with Crippen LogP contribution < -0.4 is 20.7 Å². The number of hydrogen-bond donors (Lipinski definition) is 3. The van der Waals surface area contributed by atoms with Gasteiger partial charge in [0.15, 0.2) is 0 Å². The van der Waals surface area contributed by atoms with Crippen molar-refractivity contribution in [3.8, 4) is 17.7 Å². The Morgan fingerprint density at radius 2 is 1.66 bits per heavy atom. The van der Waals surface area contributed by atoms with Crippen molar-refractivity contribution in [1.82, 2.24) is 15.5 Å². The number of carbonyl (C=O) groups excluding carboxylic acids is 1. The minimum absolute atomic E-state index is 0.0561. The van der Waals surface area contributed by atoms with Crippen molar-refractivity contribution in [2.75, 3.05) is 31.5 Å². The number of guanidine groups is 1. The molecule has 0 saturated carbocycles. The van der Waals surface area contributed by atoms with E-state index in [1.807, 2.05) is 92.0 Å². The van der Waals surface area contributed by atoms with E-state index >= 15 is 0 Å². The number of amides is 1. The number of aryl methyl sites for hydroxylation is 1. The van der Waals surface area contributed by atoms with Crippen LogP contribution in [0.3, 0.4) is 0 Å². The smallest absolute Gasteiger partial charge is 0.222 e. The average Bonchev–Trinajstić information content (AvgIpc) is 3.45. The molecule has 3 aromatic rings. The number of nitrogens with one attached hydrogen (secondary N) is 3. The number of ether oxygens (including phenoxy) is 1. The topological polar surface area (TPSA) is 102 Å². The van der Waals surface area contributed by atoms with Crippen LogP contribution in [0.15, 0.2) is 83.9 Å². The molecular weight excluding hydrogens is 476 g/mol. The Morgan fingerprint density at radius 3 is 2.32 bits per heavy atom. The van der Waals surface area contributed by atoms with Crippen LogP contribution in [0.4, 0.5) is 5.69 Å². The highest BCUT2D eigenvalue weighted by molar-refractivity contribution is 5.94. The van der Waals surface area contributed by atoms with Gasteiger partial charge in [-0.25, -0.2) is 0 Å². The summed E-state index contributed by atoms with van der Waals surface area (Å²) in [5.74, 6) is 1.66. The molecule has 4 rings (SSSR count). The first-order valence-electron chi connectivity index (χ1n) is 13.0. The molecule has 0 aliphatic carbocycles. The molecular formula is C30H34N6O2. The second kappa shape index (κ2) is 13.8. The van der Waals surface area contributed by atoms with Gasteiger partial charge in [0.2, 0.25) is 18.1 Å². The molecule has 1 aliphatic rings. The molecule has 3 aromatic carbocycles. The molecule has 1 fully saturated rings. The van der Waals surface area contributed by atoms with Crippen molar-refractivity contribution in [2.45, 2.75) is 32.2 Å². The minimum Gasteiger partial charge on any atom is -0.457 e. The first-order valence-corrected chi connectivity index (χ1v) is 13.0. The van der Waals surface area contributed by atoms with E-state index in [9.17, 15) is 10.1 Å². The number of benzene rings is 3. The van der Waals surface area contributed by atoms with E-state index in [1.165, 1.54) is 18.4 Å². The number of carbonyl (C=O) groups is 1. The molecule has 38 heavy (non-hydrogen) atoms. The molecule has 1 atom stereocenters. The molecule has 1 unspecified atom stereocenters. The van der Waals surface area contributed by atoms with E-state index in [0.717, 1.165) is 36.6 Å². The molecule has 1 aliphatic heterocycles. The molecule has 0 spiro atoms. The third-order valence-electron chi connectivity index (χ3n) is 6.39. The molecule has 0 radical (unpaired) electrons. The number of rotatable bonds is 10. The SMILES string of the molecule is Cc1ccc(Oc2ccc(N/C(=N\C#N)NC(CC(=O)NCCN3CCCC3)c3ccccc3)cc2)cc1. The maximum absolute atomic E-state index is 12.8. The molecule has 0 bridgehead atoms. The Labute approximate surface area is 224 Å². The Hall–Kier alpha value is -4.35. The van der Waals surface area contributed by atoms with Gasteiger partial charge < -0.3 is 25.6 Å². The molecule has 0 aromatic heterocycles. The first kappa shape index (κ1) is 26.7. The number of hydrogen-bond acceptors (Lipinski definition) is 5. The fourth-order valence-electron chi connectivity index (χ4n) is 4.35. The zero-order valence-corrected chi connectivity index (χ0v) is 21.7. The Morgan fingerprint density at radius 1 is 1.00 bits per heavy atom. The van der Waals surface area contributed by atoms with Gasteiger partial charge in [0.05, 0.1) is 12.5 Å². The highest BCUT2D eigenvalue weighted by atomic mass is 16.5. The monoisotopic (exact) mass is 510 g/mol. The number of likely N-dealkylation sites (tertiary alicyclic amines) is 1. The van der Waals surface area contributed by atoms with E-state index in [1.54, 1.807) is 0 Å². The van der Waals surface area contributed by atoms with Gasteiger partial charge in [0.25, 0.3) is 0 Å². The molecule has 1 heterocycles. The number of anilines is 1. The van der Waals surface area contributed by atoms with Gasteiger partial charge in [0.1, 0.15) is 11.5 Å². The lowest BCUT2D eigenvalue weighted by atomic mass is 10.0. The molecule has 1 amide bonds. The number of aliphatic imine (C=N–C) groups is 1. The van der Waals surface area contributed by atoms with Crippen LogP contribution >= 0.6 is 0 Å². The summed E-state index contributed by atoms with van der Waals surface area (Å²) in [5, 5.41) is 18.8. The maximum Gasteiger partial charge on any atom is 0.222 e. The summed E-state index contributed by atoms with van der Waals surface area (Å²) < 4.78 is 5.90. The lowest BCUT2D eigenvalue weighted by Gasteiger charge is -2.22. The van der Waals surface area contributed by atoms with Crippen LogP contribution in [0.25, 0.3) is 0 Å². The minimum atomic E-state index is -0.369. The quantitative estimate of drug-likeness (QED) is 0.202. The molecule has 1 saturated heterocycles. The van der Waals surface area contributed by atoms with Crippen LogP contribution in [0.5, 0.6) is 11.5 Å². The van der Waals surface area contributed by atoms with Crippen LogP contribution in [0, 0.1) is 18.4 Å². The summed E-state index contributed by atoms with van der Waals surface area (Å²) in [5.41, 5.74) is 2.82. The van der Waals surface area contributed by atoms with Gasteiger partial charge in [0, 0.05) is 18.8 Å². The average molecular weight is 511 g/mol. The highest BCUT2D eigenvalue weighted by Crippen LogP contribution is 2.24. The standard InChI is InChI=1S/C30H34N6O2/c1-23-9-13-26(14-10-23)38-27-15-11-25(12-16-27)34-30(33-22-31)35-28(24-7-3-2-4-8-24)21-29(37)32-17-20-36-18-5-6-19-36/h2-4,7-16,28H,5-6,17-21H2,1H3,(H,32,37)(H2,33,34,35). The van der Waals surface area contributed by atoms with Crippen LogP contribution in [0.2, 0.25) is 0 Å². The third kappa shape index (κ3) is 8.36. The van der Waals surface area contributed by atoms with Crippen molar-refractivity contribution < 1.29 is 9.53 Å². The zero-order chi connectivity index (χ0) is 26.6. The summed E-state index contributed by atoms with van der Waals surface area (Å²) >= 11 is 0. The number of nitrogens with zero attached hydrogens (tertiary/aromatic N) is 3. The van der Waals surface area contributed by atoms with Crippen LogP contribution in [-0.2, 0) is 4.79 Å². The van der Waals surface area contributed by atoms with Crippen LogP contribution in [-0.4, -0.2) is 42.9 Å². The lowest BCUT2D eigenvalue weighted by molar-refractivity contribution is -0.121. The largest absolute Gasteiger partial charge is 0.457 e. The summed E-state index contributed by atoms with van der Waals surface area (Å²) in [6.07, 6.45) is 4.51. The van der Waals surface area contributed by atoms with Crippen molar-refractivity contribution in [1.29, 1.82) is 5.26 Å². The molecule has 8 nitrogen and oxygen atoms in total. The second-order valence-electron chi connectivity index (χ2n) is 9.34. The summed E-state index contributed by atoms with van der Waals surface area (Å²) in [6, 6.07) is 24.6. The van der Waals surface area contributed by atoms with E-state index in [2.05, 4.69) is 25.8 Å². The van der Waals surface area contributed by atoms with Crippen molar-refractivity contribution in [3.05, 3.63) is 90.0 Å². The molecule has 196 valence electrons. The first-order chi connectivity index (χ1) is 18.6. The Kier molecular flexibility index (Phi) is 9.71. The van der Waals surface area contributed by atoms with Crippen molar-refractivity contribution in [3.63, 3.8) is 0 Å². The van der Waals surface area contributed by atoms with E-state index < -0.39 is 0 Å². The van der Waals surface area contributed by atoms with Gasteiger partial charge in [-0.3, -0.25) is 4.79 Å². The van der Waals surface area contributed by atoms with Gasteiger partial charge in [-0.05, 0) is 74.8 Å². The van der Waals surface area contributed by atoms with Crippen LogP contribution in [0.1, 0.15) is 36.4 Å². The van der Waals surface area contributed by atoms with E-state index in [4.69, 9.17) is 4.74 Å². The molecule has 8 heteroatoms. The van der Waals surface area contributed by atoms with Gasteiger partial charge >= 0.3 is 0 Å². The molecule has 3 N–H and O–H groups in total. The van der Waals surface area contributed by atoms with Crippen molar-refractivity contribution in [2.24, 2.45) is 4.99 Å². The maximum atomic E-state index is 12.8. The zero-order valence-electron chi connectivity index (χ0n) is 21.7. The third-order valence-corrected chi connectivity index (χ3v) is 6.39. The summed E-state index contributed by atoms with van der Waals surface area (Å²) in [7, 11) is 0. The predicted molar refractivity (Wildman–Crippen MR) is 150 cm³/mol. The highest BCUT2D eigenvalue weighted by Gasteiger charge is 2.19. The normalized spacial score (nSPS) is 14.4. The van der Waals surface area contributed by atoms with Gasteiger partial charge in [-0.1, -0.05) is 48.0 Å². The van der Waals surface area contributed by atoms with E-state index in [-0.39, 0.29) is 24.3 Å². The van der Waals surface area contributed by atoms with E-state index in [0.29, 0.717) is 12.3 Å². The van der Waals surface area contributed by atoms with Crippen molar-refractivity contribution >= 4 is 17.6 Å². The Bertz CT molecular complexity index is 1230. The fourth-order valence-corrected chi connectivity index (χ4v) is 4.35. The van der Waals surface area contributed by atoms with Gasteiger partial charge in [-0.15, -0.1) is 4.99 Å². The summed E-state index contributed by atoms with van der Waals surface area (Å²) in [4.78, 5) is 19.1. The van der Waals surface area contributed by atoms with Gasteiger partial charge in [-0.2, -0.15) is 5.26 Å². The predicted octanol–water partition coefficient (Wildman–Crippen LogP) is 4.97. The Balaban J connectivity index is 1.38. The fraction of sp³-hybridized carbons (Fsp3) is 0.300.